The van der Waals surface area contributed by atoms with Crippen molar-refractivity contribution in [2.24, 2.45) is 4.99 Å². The number of aliphatic imine (C=N–C) groups is 1. The lowest BCUT2D eigenvalue weighted by molar-refractivity contribution is -0.127. The Morgan fingerprint density at radius 2 is 1.95 bits per heavy atom. The van der Waals surface area contributed by atoms with Crippen molar-refractivity contribution in [2.45, 2.75) is 51.1 Å². The summed E-state index contributed by atoms with van der Waals surface area (Å²) in [5.41, 5.74) is 0. The third kappa shape index (κ3) is 8.77. The van der Waals surface area contributed by atoms with Crippen molar-refractivity contribution in [2.75, 3.05) is 34.4 Å². The second-order valence-corrected chi connectivity index (χ2v) is 5.93. The molecule has 130 valence electrons. The van der Waals surface area contributed by atoms with Crippen LogP contribution in [0.15, 0.2) is 4.99 Å². The van der Waals surface area contributed by atoms with E-state index in [2.05, 4.69) is 15.6 Å². The summed E-state index contributed by atoms with van der Waals surface area (Å²) in [5, 5.41) is 6.75. The van der Waals surface area contributed by atoms with Crippen LogP contribution in [0.5, 0.6) is 0 Å². The van der Waals surface area contributed by atoms with E-state index < -0.39 is 0 Å². The zero-order valence-corrected chi connectivity index (χ0v) is 16.6. The van der Waals surface area contributed by atoms with Crippen LogP contribution in [-0.4, -0.2) is 63.2 Å². The van der Waals surface area contributed by atoms with E-state index in [0.717, 1.165) is 0 Å². The number of likely N-dealkylation sites (N-methyl/N-ethyl adjacent to an activating group) is 1. The predicted octanol–water partition coefficient (Wildman–Crippen LogP) is 1.60. The third-order valence-electron chi connectivity index (χ3n) is 3.62. The Hall–Kier alpha value is -0.570. The molecule has 22 heavy (non-hydrogen) atoms. The Kier molecular flexibility index (Phi) is 11.6. The van der Waals surface area contributed by atoms with Crippen molar-refractivity contribution in [1.29, 1.82) is 0 Å². The quantitative estimate of drug-likeness (QED) is 0.385. The summed E-state index contributed by atoms with van der Waals surface area (Å²) in [6, 6.07) is 0.605. The number of methoxy groups -OCH3 is 1. The van der Waals surface area contributed by atoms with Crippen LogP contribution in [0.3, 0.4) is 0 Å². The average Bonchev–Trinajstić information content (AvgIpc) is 2.45. The number of hydrogen-bond acceptors (Lipinski definition) is 3. The molecular formula is C15H31IN4O2. The molecule has 2 N–H and O–H groups in total. The van der Waals surface area contributed by atoms with Crippen molar-refractivity contribution < 1.29 is 9.53 Å². The first kappa shape index (κ1) is 21.4. The second-order valence-electron chi connectivity index (χ2n) is 5.93. The molecule has 1 fully saturated rings. The van der Waals surface area contributed by atoms with E-state index in [1.165, 1.54) is 32.1 Å². The molecule has 1 aliphatic carbocycles. The molecule has 0 aromatic carbocycles. The number of rotatable bonds is 6. The highest BCUT2D eigenvalue weighted by molar-refractivity contribution is 14.0. The van der Waals surface area contributed by atoms with Crippen LogP contribution in [0, 0.1) is 0 Å². The molecule has 0 saturated heterocycles. The fraction of sp³-hybridized carbons (Fsp3) is 0.867. The number of nitrogens with one attached hydrogen (secondary N) is 2. The summed E-state index contributed by atoms with van der Waals surface area (Å²) in [6.45, 7) is 2.80. The predicted molar refractivity (Wildman–Crippen MR) is 101 cm³/mol. The molecule has 1 unspecified atom stereocenters. The summed E-state index contributed by atoms with van der Waals surface area (Å²) in [4.78, 5) is 17.7. The monoisotopic (exact) mass is 426 g/mol. The van der Waals surface area contributed by atoms with Gasteiger partial charge in [-0.1, -0.05) is 19.3 Å². The lowest BCUT2D eigenvalue weighted by Crippen LogP contribution is -2.48. The van der Waals surface area contributed by atoms with Crippen LogP contribution in [0.4, 0.5) is 0 Å². The number of amides is 1. The molecule has 0 radical (unpaired) electrons. The molecule has 1 aliphatic rings. The number of ether oxygens (including phenoxy) is 1. The number of nitrogens with zero attached hydrogens (tertiary/aromatic N) is 2. The first-order valence-corrected chi connectivity index (χ1v) is 7.79. The van der Waals surface area contributed by atoms with Crippen LogP contribution in [0.2, 0.25) is 0 Å². The molecule has 0 aromatic heterocycles. The van der Waals surface area contributed by atoms with Gasteiger partial charge in [-0.05, 0) is 19.8 Å². The van der Waals surface area contributed by atoms with E-state index in [0.29, 0.717) is 18.6 Å². The summed E-state index contributed by atoms with van der Waals surface area (Å²) >= 11 is 0. The number of hydrogen-bond donors (Lipinski definition) is 2. The van der Waals surface area contributed by atoms with Crippen LogP contribution in [0.25, 0.3) is 0 Å². The highest BCUT2D eigenvalue weighted by Crippen LogP contribution is 2.17. The molecule has 0 aromatic rings. The van der Waals surface area contributed by atoms with Crippen LogP contribution in [-0.2, 0) is 9.53 Å². The Balaban J connectivity index is 0.00000441. The highest BCUT2D eigenvalue weighted by atomic mass is 127. The van der Waals surface area contributed by atoms with E-state index in [9.17, 15) is 4.79 Å². The molecule has 1 amide bonds. The number of carbonyl (C=O) groups is 1. The number of carbonyl (C=O) groups excluding carboxylic acids is 1. The maximum absolute atomic E-state index is 11.7. The van der Waals surface area contributed by atoms with E-state index in [-0.39, 0.29) is 42.5 Å². The van der Waals surface area contributed by atoms with Gasteiger partial charge in [0.2, 0.25) is 5.91 Å². The highest BCUT2D eigenvalue weighted by Gasteiger charge is 2.16. The zero-order valence-electron chi connectivity index (χ0n) is 14.2. The smallest absolute Gasteiger partial charge is 0.243 e. The SMILES string of the molecule is COCC(C)NC(=NCC(=O)N(C)C)NC1CCCCC1.I. The maximum atomic E-state index is 11.7. The molecule has 1 atom stereocenters. The molecule has 1 saturated carbocycles. The molecule has 6 nitrogen and oxygen atoms in total. The third-order valence-corrected chi connectivity index (χ3v) is 3.62. The first-order valence-electron chi connectivity index (χ1n) is 7.79. The maximum Gasteiger partial charge on any atom is 0.243 e. The van der Waals surface area contributed by atoms with Gasteiger partial charge in [0.1, 0.15) is 6.54 Å². The van der Waals surface area contributed by atoms with Crippen molar-refractivity contribution in [3.8, 4) is 0 Å². The molecule has 0 heterocycles. The number of guanidine groups is 1. The van der Waals surface area contributed by atoms with Gasteiger partial charge in [-0.3, -0.25) is 4.79 Å². The minimum absolute atomic E-state index is 0. The Morgan fingerprint density at radius 3 is 2.50 bits per heavy atom. The molecule has 1 rings (SSSR count). The summed E-state index contributed by atoms with van der Waals surface area (Å²) in [7, 11) is 5.17. The lowest BCUT2D eigenvalue weighted by atomic mass is 9.96. The van der Waals surface area contributed by atoms with Gasteiger partial charge in [-0.2, -0.15) is 0 Å². The summed E-state index contributed by atoms with van der Waals surface area (Å²) in [6.07, 6.45) is 6.17. The van der Waals surface area contributed by atoms with Gasteiger partial charge in [-0.15, -0.1) is 24.0 Å². The van der Waals surface area contributed by atoms with Crippen LogP contribution >= 0.6 is 24.0 Å². The zero-order chi connectivity index (χ0) is 15.7. The molecule has 0 spiro atoms. The molecule has 0 bridgehead atoms. The van der Waals surface area contributed by atoms with Gasteiger partial charge >= 0.3 is 0 Å². The lowest BCUT2D eigenvalue weighted by Gasteiger charge is -2.26. The van der Waals surface area contributed by atoms with Crippen molar-refractivity contribution in [3.05, 3.63) is 0 Å². The summed E-state index contributed by atoms with van der Waals surface area (Å²) < 4.78 is 5.14. The second kappa shape index (κ2) is 11.9. The van der Waals surface area contributed by atoms with E-state index in [1.54, 1.807) is 26.1 Å². The van der Waals surface area contributed by atoms with Gasteiger partial charge in [0.05, 0.1) is 6.61 Å². The normalized spacial score (nSPS) is 17.4. The van der Waals surface area contributed by atoms with Gasteiger partial charge in [0, 0.05) is 33.3 Å². The largest absolute Gasteiger partial charge is 0.383 e. The minimum Gasteiger partial charge on any atom is -0.383 e. The minimum atomic E-state index is -0.000797. The van der Waals surface area contributed by atoms with Crippen molar-refractivity contribution in [3.63, 3.8) is 0 Å². The summed E-state index contributed by atoms with van der Waals surface area (Å²) in [5.74, 6) is 0.709. The first-order chi connectivity index (χ1) is 10.0. The van der Waals surface area contributed by atoms with Gasteiger partial charge < -0.3 is 20.3 Å². The topological polar surface area (TPSA) is 66.0 Å². The Labute approximate surface area is 151 Å². The average molecular weight is 426 g/mol. The van der Waals surface area contributed by atoms with Crippen molar-refractivity contribution >= 4 is 35.8 Å². The van der Waals surface area contributed by atoms with Gasteiger partial charge in [0.25, 0.3) is 0 Å². The fourth-order valence-corrected chi connectivity index (χ4v) is 2.39. The Morgan fingerprint density at radius 1 is 1.32 bits per heavy atom. The van der Waals surface area contributed by atoms with E-state index in [4.69, 9.17) is 4.74 Å². The van der Waals surface area contributed by atoms with E-state index >= 15 is 0 Å². The van der Waals surface area contributed by atoms with Gasteiger partial charge in [-0.25, -0.2) is 4.99 Å². The van der Waals surface area contributed by atoms with Crippen LogP contribution < -0.4 is 10.6 Å². The molecule has 0 aliphatic heterocycles. The standard InChI is InChI=1S/C15H30N4O2.HI/c1-12(11-21-4)17-15(16-10-14(20)19(2)3)18-13-8-6-5-7-9-13;/h12-13H,5-11H2,1-4H3,(H2,16,17,18);1H. The molecule has 7 heteroatoms. The van der Waals surface area contributed by atoms with Crippen molar-refractivity contribution in [1.82, 2.24) is 15.5 Å². The Bertz CT molecular complexity index is 344. The van der Waals surface area contributed by atoms with Gasteiger partial charge in [0.15, 0.2) is 5.96 Å². The molecular weight excluding hydrogens is 395 g/mol. The number of halogens is 1. The van der Waals surface area contributed by atoms with E-state index in [1.807, 2.05) is 6.92 Å². The van der Waals surface area contributed by atoms with Crippen LogP contribution in [0.1, 0.15) is 39.0 Å². The fourth-order valence-electron chi connectivity index (χ4n) is 2.39.